The van der Waals surface area contributed by atoms with Gasteiger partial charge in [-0.25, -0.2) is 8.42 Å². The molecular weight excluding hydrogens is 200 g/mol. The molecule has 76 valence electrons. The second-order valence-corrected chi connectivity index (χ2v) is 4.39. The van der Waals surface area contributed by atoms with E-state index in [-0.39, 0.29) is 37.7 Å². The highest BCUT2D eigenvalue weighted by molar-refractivity contribution is 7.91. The molecule has 7 heteroatoms. The molecule has 13 heavy (non-hydrogen) atoms. The number of sulfone groups is 1. The molecule has 0 N–H and O–H groups in total. The Kier molecular flexibility index (Phi) is 5.86. The lowest BCUT2D eigenvalue weighted by Gasteiger charge is -2.01. The maximum atomic E-state index is 11.0. The molecule has 6 nitrogen and oxygen atoms in total. The topological polar surface area (TPSA) is 86.7 Å². The predicted molar refractivity (Wildman–Crippen MR) is 42.7 cm³/mol. The van der Waals surface area contributed by atoms with Crippen molar-refractivity contribution in [3.05, 3.63) is 0 Å². The van der Waals surface area contributed by atoms with Crippen molar-refractivity contribution in [2.24, 2.45) is 0 Å². The zero-order valence-corrected chi connectivity index (χ0v) is 7.66. The van der Waals surface area contributed by atoms with Gasteiger partial charge in [0, 0.05) is 0 Å². The third-order valence-electron chi connectivity index (χ3n) is 1.16. The Hall–Kier alpha value is -1.11. The maximum absolute atomic E-state index is 11.0. The highest BCUT2D eigenvalue weighted by atomic mass is 32.2. The first-order chi connectivity index (χ1) is 6.12. The van der Waals surface area contributed by atoms with Gasteiger partial charge in [-0.05, 0) is 0 Å². The summed E-state index contributed by atoms with van der Waals surface area (Å²) in [6.07, 6.45) is 0. The zero-order chi connectivity index (χ0) is 10.2. The summed E-state index contributed by atoms with van der Waals surface area (Å²) in [4.78, 5) is 19.3. The fourth-order valence-electron chi connectivity index (χ4n) is 0.548. The smallest absolute Gasteiger partial charge is 0.293 e. The van der Waals surface area contributed by atoms with Crippen LogP contribution in [0.15, 0.2) is 0 Å². The van der Waals surface area contributed by atoms with E-state index in [0.717, 1.165) is 0 Å². The Balaban J connectivity index is 3.67. The van der Waals surface area contributed by atoms with Gasteiger partial charge in [0.15, 0.2) is 9.84 Å². The highest BCUT2D eigenvalue weighted by Gasteiger charge is 2.10. The molecule has 0 atom stereocenters. The molecule has 0 unspecified atom stereocenters. The molecule has 0 aromatic carbocycles. The van der Waals surface area contributed by atoms with E-state index in [0.29, 0.717) is 0 Å². The van der Waals surface area contributed by atoms with E-state index >= 15 is 0 Å². The Morgan fingerprint density at radius 3 is 1.62 bits per heavy atom. The summed E-state index contributed by atoms with van der Waals surface area (Å²) in [6, 6.07) is 0. The van der Waals surface area contributed by atoms with Gasteiger partial charge in [-0.1, -0.05) is 0 Å². The minimum Gasteiger partial charge on any atom is -0.467 e. The Labute approximate surface area is 75.7 Å². The first-order valence-corrected chi connectivity index (χ1v) is 5.25. The fourth-order valence-corrected chi connectivity index (χ4v) is 1.45. The SMILES string of the molecule is O=COCCS(=O)(=O)CCOC=O. The number of rotatable bonds is 8. The summed E-state index contributed by atoms with van der Waals surface area (Å²) < 4.78 is 30.4. The standard InChI is InChI=1S/C6H10O6S/c7-5-11-1-3-13(9,10)4-2-12-6-8/h5-6H,1-4H2. The van der Waals surface area contributed by atoms with Crippen molar-refractivity contribution in [2.75, 3.05) is 24.7 Å². The Bertz CT molecular complexity index is 224. The molecule has 0 saturated heterocycles. The van der Waals surface area contributed by atoms with E-state index < -0.39 is 9.84 Å². The Morgan fingerprint density at radius 1 is 0.923 bits per heavy atom. The van der Waals surface area contributed by atoms with Crippen molar-refractivity contribution in [2.45, 2.75) is 0 Å². The second kappa shape index (κ2) is 6.41. The van der Waals surface area contributed by atoms with Gasteiger partial charge in [0.05, 0.1) is 11.5 Å². The summed E-state index contributed by atoms with van der Waals surface area (Å²) in [5, 5.41) is 0. The van der Waals surface area contributed by atoms with Crippen molar-refractivity contribution in [1.82, 2.24) is 0 Å². The van der Waals surface area contributed by atoms with Crippen LogP contribution in [-0.2, 0) is 28.9 Å². The summed E-state index contributed by atoms with van der Waals surface area (Å²) in [5.74, 6) is -0.512. The summed E-state index contributed by atoms with van der Waals surface area (Å²) in [6.45, 7) is 0.00866. The quantitative estimate of drug-likeness (QED) is 0.367. The lowest BCUT2D eigenvalue weighted by Crippen LogP contribution is -2.18. The monoisotopic (exact) mass is 210 g/mol. The average molecular weight is 210 g/mol. The molecule has 0 aromatic heterocycles. The van der Waals surface area contributed by atoms with Crippen LogP contribution >= 0.6 is 0 Å². The van der Waals surface area contributed by atoms with Gasteiger partial charge in [-0.3, -0.25) is 9.59 Å². The van der Waals surface area contributed by atoms with E-state index in [1.54, 1.807) is 0 Å². The summed E-state index contributed by atoms with van der Waals surface area (Å²) in [5.41, 5.74) is 0. The molecule has 0 saturated carbocycles. The van der Waals surface area contributed by atoms with Crippen LogP contribution in [-0.4, -0.2) is 46.1 Å². The normalized spacial score (nSPS) is 10.5. The van der Waals surface area contributed by atoms with Gasteiger partial charge in [0.1, 0.15) is 13.2 Å². The minimum atomic E-state index is -3.29. The first kappa shape index (κ1) is 11.9. The largest absolute Gasteiger partial charge is 0.467 e. The van der Waals surface area contributed by atoms with Gasteiger partial charge in [0.25, 0.3) is 12.9 Å². The number of carbonyl (C=O) groups is 2. The molecule has 0 heterocycles. The average Bonchev–Trinajstić information content (AvgIpc) is 2.05. The van der Waals surface area contributed by atoms with Crippen LogP contribution < -0.4 is 0 Å². The lowest BCUT2D eigenvalue weighted by molar-refractivity contribution is -0.128. The molecule has 0 bridgehead atoms. The van der Waals surface area contributed by atoms with E-state index in [9.17, 15) is 18.0 Å². The van der Waals surface area contributed by atoms with Gasteiger partial charge >= 0.3 is 0 Å². The van der Waals surface area contributed by atoms with Crippen molar-refractivity contribution < 1.29 is 27.5 Å². The lowest BCUT2D eigenvalue weighted by atomic mass is 10.8. The van der Waals surface area contributed by atoms with E-state index in [4.69, 9.17) is 0 Å². The molecule has 0 radical (unpaired) electrons. The van der Waals surface area contributed by atoms with Gasteiger partial charge in [0.2, 0.25) is 0 Å². The number of carbonyl (C=O) groups excluding carboxylic acids is 2. The highest BCUT2D eigenvalue weighted by Crippen LogP contribution is 1.90. The summed E-state index contributed by atoms with van der Waals surface area (Å²) >= 11 is 0. The van der Waals surface area contributed by atoms with Crippen molar-refractivity contribution >= 4 is 22.8 Å². The van der Waals surface area contributed by atoms with Gasteiger partial charge < -0.3 is 9.47 Å². The second-order valence-electron chi connectivity index (χ2n) is 2.09. The van der Waals surface area contributed by atoms with Crippen molar-refractivity contribution in [1.29, 1.82) is 0 Å². The van der Waals surface area contributed by atoms with Gasteiger partial charge in [-0.2, -0.15) is 0 Å². The van der Waals surface area contributed by atoms with Crippen LogP contribution in [0.4, 0.5) is 0 Å². The van der Waals surface area contributed by atoms with E-state index in [1.165, 1.54) is 0 Å². The van der Waals surface area contributed by atoms with Gasteiger partial charge in [-0.15, -0.1) is 0 Å². The number of hydrogen-bond acceptors (Lipinski definition) is 6. The van der Waals surface area contributed by atoms with Crippen molar-refractivity contribution in [3.8, 4) is 0 Å². The molecule has 0 amide bonds. The van der Waals surface area contributed by atoms with E-state index in [2.05, 4.69) is 9.47 Å². The maximum Gasteiger partial charge on any atom is 0.293 e. The van der Waals surface area contributed by atoms with Crippen LogP contribution in [0, 0.1) is 0 Å². The van der Waals surface area contributed by atoms with Crippen LogP contribution in [0.1, 0.15) is 0 Å². The number of ether oxygens (including phenoxy) is 2. The third kappa shape index (κ3) is 7.26. The van der Waals surface area contributed by atoms with Crippen LogP contribution in [0.2, 0.25) is 0 Å². The minimum absolute atomic E-state index is 0.174. The van der Waals surface area contributed by atoms with Crippen LogP contribution in [0.3, 0.4) is 0 Å². The molecule has 0 spiro atoms. The molecule has 0 rings (SSSR count). The first-order valence-electron chi connectivity index (χ1n) is 3.43. The number of hydrogen-bond donors (Lipinski definition) is 0. The van der Waals surface area contributed by atoms with Crippen LogP contribution in [0.25, 0.3) is 0 Å². The van der Waals surface area contributed by atoms with E-state index in [1.807, 2.05) is 0 Å². The molecule has 0 aliphatic carbocycles. The molecule has 0 fully saturated rings. The summed E-state index contributed by atoms with van der Waals surface area (Å²) in [7, 11) is -3.29. The molecule has 0 aliphatic rings. The fraction of sp³-hybridized carbons (Fsp3) is 0.667. The molecule has 0 aliphatic heterocycles. The zero-order valence-electron chi connectivity index (χ0n) is 6.84. The van der Waals surface area contributed by atoms with Crippen LogP contribution in [0.5, 0.6) is 0 Å². The molecular formula is C6H10O6S. The predicted octanol–water partition coefficient (Wildman–Crippen LogP) is -1.25. The Morgan fingerprint density at radius 2 is 1.31 bits per heavy atom. The molecule has 0 aromatic rings. The van der Waals surface area contributed by atoms with Crippen molar-refractivity contribution in [3.63, 3.8) is 0 Å². The third-order valence-corrected chi connectivity index (χ3v) is 2.74.